The second-order valence-corrected chi connectivity index (χ2v) is 6.89. The van der Waals surface area contributed by atoms with Crippen LogP contribution in [0.5, 0.6) is 0 Å². The first-order valence-electron chi connectivity index (χ1n) is 9.21. The van der Waals surface area contributed by atoms with E-state index in [0.717, 1.165) is 31.2 Å². The van der Waals surface area contributed by atoms with E-state index >= 15 is 0 Å². The van der Waals surface area contributed by atoms with E-state index in [2.05, 4.69) is 5.32 Å². The Balaban J connectivity index is 1.87. The minimum Gasteiger partial charge on any atom is -0.383 e. The Kier molecular flexibility index (Phi) is 7.92. The van der Waals surface area contributed by atoms with Crippen molar-refractivity contribution in [3.05, 3.63) is 35.9 Å². The molecule has 0 radical (unpaired) electrons. The average molecular weight is 346 g/mol. The third kappa shape index (κ3) is 6.50. The van der Waals surface area contributed by atoms with Crippen LogP contribution in [-0.4, -0.2) is 43.0 Å². The highest BCUT2D eigenvalue weighted by molar-refractivity contribution is 5.81. The number of amides is 2. The molecular weight excluding hydrogens is 316 g/mol. The van der Waals surface area contributed by atoms with E-state index in [1.807, 2.05) is 37.3 Å². The molecule has 0 aliphatic heterocycles. The molecule has 1 unspecified atom stereocenters. The van der Waals surface area contributed by atoms with Crippen LogP contribution in [0.15, 0.2) is 30.3 Å². The third-order valence-electron chi connectivity index (χ3n) is 4.73. The maximum absolute atomic E-state index is 12.7. The van der Waals surface area contributed by atoms with Crippen LogP contribution in [0.3, 0.4) is 0 Å². The quantitative estimate of drug-likeness (QED) is 0.748. The van der Waals surface area contributed by atoms with Crippen molar-refractivity contribution in [2.24, 2.45) is 5.92 Å². The first kappa shape index (κ1) is 19.4. The van der Waals surface area contributed by atoms with Crippen LogP contribution in [0.25, 0.3) is 0 Å². The largest absolute Gasteiger partial charge is 0.383 e. The fourth-order valence-corrected chi connectivity index (χ4v) is 3.29. The molecule has 0 heterocycles. The lowest BCUT2D eigenvalue weighted by Gasteiger charge is -2.25. The van der Waals surface area contributed by atoms with Gasteiger partial charge < -0.3 is 15.0 Å². The van der Waals surface area contributed by atoms with Crippen molar-refractivity contribution in [2.45, 2.75) is 51.6 Å². The molecule has 1 atom stereocenters. The maximum atomic E-state index is 12.7. The fourth-order valence-electron chi connectivity index (χ4n) is 3.29. The van der Waals surface area contributed by atoms with Gasteiger partial charge >= 0.3 is 0 Å². The molecule has 1 aliphatic rings. The topological polar surface area (TPSA) is 58.6 Å². The molecule has 2 rings (SSSR count). The van der Waals surface area contributed by atoms with E-state index in [4.69, 9.17) is 4.74 Å². The van der Waals surface area contributed by atoms with Gasteiger partial charge in [-0.25, -0.2) is 0 Å². The number of hydrogen-bond donors (Lipinski definition) is 1. The predicted octanol–water partition coefficient (Wildman–Crippen LogP) is 2.75. The number of carbonyl (C=O) groups is 2. The summed E-state index contributed by atoms with van der Waals surface area (Å²) in [6, 6.07) is 9.78. The van der Waals surface area contributed by atoms with Crippen molar-refractivity contribution in [3.8, 4) is 0 Å². The smallest absolute Gasteiger partial charge is 0.225 e. The minimum absolute atomic E-state index is 0.0418. The van der Waals surface area contributed by atoms with E-state index in [-0.39, 0.29) is 23.8 Å². The molecule has 0 saturated heterocycles. The standard InChI is InChI=1S/C20H30N2O3/c1-16(21-20(24)18-10-6-7-11-18)14-19(23)22(12-13-25-2)15-17-8-4-3-5-9-17/h3-5,8-9,16,18H,6-7,10-15H2,1-2H3,(H,21,24). The van der Waals surface area contributed by atoms with E-state index in [9.17, 15) is 9.59 Å². The molecule has 25 heavy (non-hydrogen) atoms. The van der Waals surface area contributed by atoms with Crippen LogP contribution in [0.1, 0.15) is 44.6 Å². The van der Waals surface area contributed by atoms with Gasteiger partial charge in [0, 0.05) is 38.6 Å². The number of methoxy groups -OCH3 is 1. The van der Waals surface area contributed by atoms with E-state index in [1.165, 1.54) is 0 Å². The second-order valence-electron chi connectivity index (χ2n) is 6.89. The molecule has 0 spiro atoms. The van der Waals surface area contributed by atoms with Crippen LogP contribution in [0.2, 0.25) is 0 Å². The van der Waals surface area contributed by atoms with Crippen molar-refractivity contribution in [1.29, 1.82) is 0 Å². The van der Waals surface area contributed by atoms with Crippen molar-refractivity contribution >= 4 is 11.8 Å². The lowest BCUT2D eigenvalue weighted by atomic mass is 10.1. The van der Waals surface area contributed by atoms with E-state index in [0.29, 0.717) is 26.1 Å². The Hall–Kier alpha value is -1.88. The highest BCUT2D eigenvalue weighted by Gasteiger charge is 2.25. The molecule has 1 N–H and O–H groups in total. The number of nitrogens with zero attached hydrogens (tertiary/aromatic N) is 1. The Bertz CT molecular complexity index is 541. The summed E-state index contributed by atoms with van der Waals surface area (Å²) in [7, 11) is 1.63. The first-order chi connectivity index (χ1) is 12.1. The SMILES string of the molecule is COCCN(Cc1ccccc1)C(=O)CC(C)NC(=O)C1CCCC1. The second kappa shape index (κ2) is 10.2. The van der Waals surface area contributed by atoms with Gasteiger partial charge in [0.15, 0.2) is 0 Å². The first-order valence-corrected chi connectivity index (χ1v) is 9.21. The fraction of sp³-hybridized carbons (Fsp3) is 0.600. The van der Waals surface area contributed by atoms with Gasteiger partial charge in [-0.05, 0) is 25.3 Å². The van der Waals surface area contributed by atoms with Gasteiger partial charge in [-0.15, -0.1) is 0 Å². The molecule has 1 fully saturated rings. The van der Waals surface area contributed by atoms with Crippen LogP contribution in [0.4, 0.5) is 0 Å². The van der Waals surface area contributed by atoms with Gasteiger partial charge in [-0.3, -0.25) is 9.59 Å². The molecule has 1 aromatic carbocycles. The number of nitrogens with one attached hydrogen (secondary N) is 1. The van der Waals surface area contributed by atoms with Crippen LogP contribution in [-0.2, 0) is 20.9 Å². The van der Waals surface area contributed by atoms with Crippen molar-refractivity contribution in [1.82, 2.24) is 10.2 Å². The van der Waals surface area contributed by atoms with Gasteiger partial charge in [0.25, 0.3) is 0 Å². The Morgan fingerprint density at radius 2 is 1.92 bits per heavy atom. The average Bonchev–Trinajstić information content (AvgIpc) is 3.14. The highest BCUT2D eigenvalue weighted by Crippen LogP contribution is 2.24. The van der Waals surface area contributed by atoms with Crippen molar-refractivity contribution in [2.75, 3.05) is 20.3 Å². The Labute approximate surface area is 150 Å². The van der Waals surface area contributed by atoms with Crippen molar-refractivity contribution in [3.63, 3.8) is 0 Å². The summed E-state index contributed by atoms with van der Waals surface area (Å²) in [6.07, 6.45) is 4.52. The number of ether oxygens (including phenoxy) is 1. The molecule has 0 bridgehead atoms. The maximum Gasteiger partial charge on any atom is 0.225 e. The molecule has 0 aromatic heterocycles. The van der Waals surface area contributed by atoms with Gasteiger partial charge in [-0.1, -0.05) is 43.2 Å². The molecular formula is C20H30N2O3. The summed E-state index contributed by atoms with van der Waals surface area (Å²) in [4.78, 5) is 26.7. The van der Waals surface area contributed by atoms with Crippen molar-refractivity contribution < 1.29 is 14.3 Å². The highest BCUT2D eigenvalue weighted by atomic mass is 16.5. The molecule has 5 heteroatoms. The zero-order valence-electron chi connectivity index (χ0n) is 15.4. The van der Waals surface area contributed by atoms with Crippen LogP contribution < -0.4 is 5.32 Å². The van der Waals surface area contributed by atoms with Crippen LogP contribution >= 0.6 is 0 Å². The Morgan fingerprint density at radius 3 is 2.56 bits per heavy atom. The third-order valence-corrected chi connectivity index (χ3v) is 4.73. The number of benzene rings is 1. The lowest BCUT2D eigenvalue weighted by Crippen LogP contribution is -2.41. The van der Waals surface area contributed by atoms with Crippen LogP contribution in [0, 0.1) is 5.92 Å². The number of hydrogen-bond acceptors (Lipinski definition) is 3. The summed E-state index contributed by atoms with van der Waals surface area (Å²) in [6.45, 7) is 3.52. The summed E-state index contributed by atoms with van der Waals surface area (Å²) in [5, 5.41) is 3.01. The molecule has 1 aromatic rings. The van der Waals surface area contributed by atoms with E-state index in [1.54, 1.807) is 12.0 Å². The van der Waals surface area contributed by atoms with Gasteiger partial charge in [0.2, 0.25) is 11.8 Å². The lowest BCUT2D eigenvalue weighted by molar-refractivity contribution is -0.133. The zero-order chi connectivity index (χ0) is 18.1. The zero-order valence-corrected chi connectivity index (χ0v) is 15.4. The minimum atomic E-state index is -0.151. The Morgan fingerprint density at radius 1 is 1.24 bits per heavy atom. The monoisotopic (exact) mass is 346 g/mol. The number of rotatable bonds is 9. The predicted molar refractivity (Wildman–Crippen MR) is 97.9 cm³/mol. The molecule has 1 saturated carbocycles. The molecule has 138 valence electrons. The van der Waals surface area contributed by atoms with Gasteiger partial charge in [-0.2, -0.15) is 0 Å². The molecule has 2 amide bonds. The summed E-state index contributed by atoms with van der Waals surface area (Å²) in [5.41, 5.74) is 1.09. The summed E-state index contributed by atoms with van der Waals surface area (Å²) >= 11 is 0. The summed E-state index contributed by atoms with van der Waals surface area (Å²) in [5.74, 6) is 0.274. The van der Waals surface area contributed by atoms with Gasteiger partial charge in [0.1, 0.15) is 0 Å². The van der Waals surface area contributed by atoms with E-state index < -0.39 is 0 Å². The number of carbonyl (C=O) groups excluding carboxylic acids is 2. The molecule has 5 nitrogen and oxygen atoms in total. The molecule has 1 aliphatic carbocycles. The summed E-state index contributed by atoms with van der Waals surface area (Å²) < 4.78 is 5.13. The normalized spacial score (nSPS) is 15.8. The van der Waals surface area contributed by atoms with Gasteiger partial charge in [0.05, 0.1) is 6.61 Å².